The van der Waals surface area contributed by atoms with Crippen LogP contribution in [0.1, 0.15) is 45.7 Å². The van der Waals surface area contributed by atoms with Gasteiger partial charge in [-0.25, -0.2) is 0 Å². The number of rotatable bonds is 4. The van der Waals surface area contributed by atoms with Crippen LogP contribution in [-0.4, -0.2) is 16.7 Å². The van der Waals surface area contributed by atoms with Gasteiger partial charge >= 0.3 is 0 Å². The van der Waals surface area contributed by atoms with Gasteiger partial charge in [0.25, 0.3) is 0 Å². The molecule has 0 amide bonds. The molecule has 1 aromatic heterocycles. The van der Waals surface area contributed by atoms with Crippen molar-refractivity contribution in [3.05, 3.63) is 18.0 Å². The third-order valence-corrected chi connectivity index (χ3v) is 2.34. The van der Waals surface area contributed by atoms with Gasteiger partial charge in [0.2, 0.25) is 0 Å². The Kier molecular flexibility index (Phi) is 3.69. The highest BCUT2D eigenvalue weighted by molar-refractivity contribution is 5.07. The number of nitrogens with one attached hydrogen (secondary N) is 2. The molecule has 1 aromatic rings. The van der Waals surface area contributed by atoms with Gasteiger partial charge in [-0.3, -0.25) is 5.10 Å². The van der Waals surface area contributed by atoms with Gasteiger partial charge < -0.3 is 5.32 Å². The minimum Gasteiger partial charge on any atom is -0.310 e. The van der Waals surface area contributed by atoms with Crippen LogP contribution in [0.3, 0.4) is 0 Å². The molecule has 0 fully saturated rings. The van der Waals surface area contributed by atoms with Gasteiger partial charge in [0.1, 0.15) is 0 Å². The molecule has 80 valence electrons. The van der Waals surface area contributed by atoms with Crippen LogP contribution in [0.4, 0.5) is 0 Å². The normalized spacial score (nSPS) is 14.3. The fourth-order valence-electron chi connectivity index (χ4n) is 1.28. The summed E-state index contributed by atoms with van der Waals surface area (Å²) in [5, 5.41) is 10.2. The number of hydrogen-bond donors (Lipinski definition) is 2. The Labute approximate surface area is 86.3 Å². The van der Waals surface area contributed by atoms with E-state index in [9.17, 15) is 0 Å². The summed E-state index contributed by atoms with van der Waals surface area (Å²) in [6, 6.07) is 0.385. The standard InChI is InChI=1S/C11H21N3/c1-9(10-7-13-14-8-10)12-6-5-11(2,3)4/h7-9,12H,5-6H2,1-4H3,(H,13,14). The van der Waals surface area contributed by atoms with E-state index in [1.54, 1.807) is 0 Å². The lowest BCUT2D eigenvalue weighted by Gasteiger charge is -2.20. The quantitative estimate of drug-likeness (QED) is 0.775. The molecule has 0 aliphatic heterocycles. The number of hydrogen-bond acceptors (Lipinski definition) is 2. The van der Waals surface area contributed by atoms with Crippen molar-refractivity contribution in [2.45, 2.75) is 40.2 Å². The highest BCUT2D eigenvalue weighted by Gasteiger charge is 2.11. The molecule has 3 nitrogen and oxygen atoms in total. The molecular weight excluding hydrogens is 174 g/mol. The summed E-state index contributed by atoms with van der Waals surface area (Å²) < 4.78 is 0. The van der Waals surface area contributed by atoms with Gasteiger partial charge in [0.15, 0.2) is 0 Å². The highest BCUT2D eigenvalue weighted by atomic mass is 15.1. The molecule has 1 heterocycles. The van der Waals surface area contributed by atoms with E-state index in [1.165, 1.54) is 12.0 Å². The first-order chi connectivity index (χ1) is 6.49. The topological polar surface area (TPSA) is 40.7 Å². The maximum atomic E-state index is 3.94. The predicted molar refractivity (Wildman–Crippen MR) is 59.1 cm³/mol. The second kappa shape index (κ2) is 4.60. The van der Waals surface area contributed by atoms with Crippen molar-refractivity contribution in [2.24, 2.45) is 5.41 Å². The Morgan fingerprint density at radius 1 is 1.50 bits per heavy atom. The fraction of sp³-hybridized carbons (Fsp3) is 0.727. The van der Waals surface area contributed by atoms with Crippen molar-refractivity contribution in [1.82, 2.24) is 15.5 Å². The lowest BCUT2D eigenvalue weighted by atomic mass is 9.92. The fourth-order valence-corrected chi connectivity index (χ4v) is 1.28. The zero-order valence-corrected chi connectivity index (χ0v) is 9.59. The number of aromatic amines is 1. The molecule has 2 N–H and O–H groups in total. The van der Waals surface area contributed by atoms with Crippen molar-refractivity contribution in [1.29, 1.82) is 0 Å². The van der Waals surface area contributed by atoms with E-state index in [4.69, 9.17) is 0 Å². The molecule has 0 saturated heterocycles. The SMILES string of the molecule is CC(NCCC(C)(C)C)c1cn[nH]c1. The molecule has 1 atom stereocenters. The van der Waals surface area contributed by atoms with Crippen LogP contribution in [0, 0.1) is 5.41 Å². The molecule has 0 aromatic carbocycles. The van der Waals surface area contributed by atoms with Gasteiger partial charge in [-0.1, -0.05) is 20.8 Å². The van der Waals surface area contributed by atoms with Gasteiger partial charge in [0.05, 0.1) is 6.20 Å². The largest absolute Gasteiger partial charge is 0.310 e. The van der Waals surface area contributed by atoms with Crippen molar-refractivity contribution in [3.8, 4) is 0 Å². The minimum absolute atomic E-state index is 0.385. The first-order valence-electron chi connectivity index (χ1n) is 5.21. The van der Waals surface area contributed by atoms with Gasteiger partial charge in [-0.05, 0) is 25.3 Å². The highest BCUT2D eigenvalue weighted by Crippen LogP contribution is 2.18. The Hall–Kier alpha value is -0.830. The molecule has 0 saturated carbocycles. The summed E-state index contributed by atoms with van der Waals surface area (Å²) >= 11 is 0. The molecule has 0 bridgehead atoms. The third-order valence-electron chi connectivity index (χ3n) is 2.34. The Morgan fingerprint density at radius 2 is 2.21 bits per heavy atom. The zero-order chi connectivity index (χ0) is 10.6. The second-order valence-corrected chi connectivity index (χ2v) is 5.02. The lowest BCUT2D eigenvalue weighted by molar-refractivity contribution is 0.358. The smallest absolute Gasteiger partial charge is 0.0534 e. The first kappa shape index (κ1) is 11.2. The van der Waals surface area contributed by atoms with E-state index in [0.717, 1.165) is 6.54 Å². The minimum atomic E-state index is 0.385. The maximum absolute atomic E-state index is 3.94. The maximum Gasteiger partial charge on any atom is 0.0534 e. The van der Waals surface area contributed by atoms with Crippen molar-refractivity contribution in [2.75, 3.05) is 6.54 Å². The Morgan fingerprint density at radius 3 is 2.71 bits per heavy atom. The molecule has 1 rings (SSSR count). The van der Waals surface area contributed by atoms with Crippen LogP contribution >= 0.6 is 0 Å². The number of aromatic nitrogens is 2. The number of H-pyrrole nitrogens is 1. The monoisotopic (exact) mass is 195 g/mol. The molecule has 0 spiro atoms. The van der Waals surface area contributed by atoms with Crippen LogP contribution in [0.25, 0.3) is 0 Å². The van der Waals surface area contributed by atoms with E-state index in [2.05, 4.69) is 43.2 Å². The van der Waals surface area contributed by atoms with Gasteiger partial charge in [-0.15, -0.1) is 0 Å². The number of nitrogens with zero attached hydrogens (tertiary/aromatic N) is 1. The first-order valence-corrected chi connectivity index (χ1v) is 5.21. The zero-order valence-electron chi connectivity index (χ0n) is 9.59. The van der Waals surface area contributed by atoms with Gasteiger partial charge in [-0.2, -0.15) is 5.10 Å². The van der Waals surface area contributed by atoms with Gasteiger partial charge in [0, 0.05) is 17.8 Å². The van der Waals surface area contributed by atoms with E-state index >= 15 is 0 Å². The Balaban J connectivity index is 2.26. The molecule has 0 aliphatic carbocycles. The lowest BCUT2D eigenvalue weighted by Crippen LogP contribution is -2.23. The second-order valence-electron chi connectivity index (χ2n) is 5.02. The summed E-state index contributed by atoms with van der Waals surface area (Å²) in [5.74, 6) is 0. The van der Waals surface area contributed by atoms with Crippen molar-refractivity contribution >= 4 is 0 Å². The average Bonchev–Trinajstić information content (AvgIpc) is 2.53. The summed E-state index contributed by atoms with van der Waals surface area (Å²) in [4.78, 5) is 0. The van der Waals surface area contributed by atoms with Crippen LogP contribution in [-0.2, 0) is 0 Å². The molecule has 3 heteroatoms. The Bertz CT molecular complexity index is 246. The van der Waals surface area contributed by atoms with Crippen LogP contribution in [0.5, 0.6) is 0 Å². The van der Waals surface area contributed by atoms with Crippen molar-refractivity contribution in [3.63, 3.8) is 0 Å². The van der Waals surface area contributed by atoms with E-state index in [1.807, 2.05) is 12.4 Å². The third kappa shape index (κ3) is 3.92. The van der Waals surface area contributed by atoms with Crippen LogP contribution in [0.15, 0.2) is 12.4 Å². The summed E-state index contributed by atoms with van der Waals surface area (Å²) in [7, 11) is 0. The van der Waals surface area contributed by atoms with Crippen molar-refractivity contribution < 1.29 is 0 Å². The average molecular weight is 195 g/mol. The van der Waals surface area contributed by atoms with Crippen LogP contribution < -0.4 is 5.32 Å². The summed E-state index contributed by atoms with van der Waals surface area (Å²) in [6.07, 6.45) is 5.00. The molecule has 0 aliphatic rings. The molecule has 1 unspecified atom stereocenters. The molecular formula is C11H21N3. The van der Waals surface area contributed by atoms with E-state index in [-0.39, 0.29) is 0 Å². The summed E-state index contributed by atoms with van der Waals surface area (Å²) in [5.41, 5.74) is 1.63. The van der Waals surface area contributed by atoms with Crippen LogP contribution in [0.2, 0.25) is 0 Å². The molecule has 0 radical (unpaired) electrons. The molecule has 14 heavy (non-hydrogen) atoms. The predicted octanol–water partition coefficient (Wildman–Crippen LogP) is 2.50. The van der Waals surface area contributed by atoms with E-state index < -0.39 is 0 Å². The summed E-state index contributed by atoms with van der Waals surface area (Å²) in [6.45, 7) is 9.99. The van der Waals surface area contributed by atoms with E-state index in [0.29, 0.717) is 11.5 Å².